The molecule has 4 unspecified atom stereocenters. The molecule has 0 aromatic carbocycles. The van der Waals surface area contributed by atoms with Crippen molar-refractivity contribution < 1.29 is 4.74 Å². The second-order valence-electron chi connectivity index (χ2n) is 8.77. The van der Waals surface area contributed by atoms with E-state index in [0.29, 0.717) is 5.92 Å². The highest BCUT2D eigenvalue weighted by molar-refractivity contribution is 5.49. The van der Waals surface area contributed by atoms with E-state index in [-0.39, 0.29) is 0 Å². The summed E-state index contributed by atoms with van der Waals surface area (Å²) in [4.78, 5) is 0. The molecule has 6 rings (SSSR count). The molecular formula is C20H25N3O. The van der Waals surface area contributed by atoms with Crippen LogP contribution in [-0.4, -0.2) is 21.2 Å². The Morgan fingerprint density at radius 3 is 2.58 bits per heavy atom. The van der Waals surface area contributed by atoms with Crippen LogP contribution < -0.4 is 4.74 Å². The molecule has 4 fully saturated rings. The maximum absolute atomic E-state index is 6.37. The highest BCUT2D eigenvalue weighted by Gasteiger charge is 2.51. The van der Waals surface area contributed by atoms with Crippen molar-refractivity contribution in [3.05, 3.63) is 24.2 Å². The third-order valence-corrected chi connectivity index (χ3v) is 7.40. The molecule has 2 aromatic heterocycles. The predicted molar refractivity (Wildman–Crippen MR) is 91.0 cm³/mol. The van der Waals surface area contributed by atoms with Gasteiger partial charge in [-0.25, -0.2) is 0 Å². The standard InChI is InChI=1S/C20H25N3O/c1-2-13(1)18-9-23-11-21-22-20(23)8-19(18)24-10-12-5-16-14-3-4-15(7-14)17(16)6-12/h8-9,11-17H,1-7,10H2. The van der Waals surface area contributed by atoms with E-state index < -0.39 is 0 Å². The SMILES string of the molecule is c1c(OCC2CC3C4CCC(C4)C3C2)c(C2CC2)cn2cnnc12. The second-order valence-corrected chi connectivity index (χ2v) is 8.77. The Labute approximate surface area is 142 Å². The smallest absolute Gasteiger partial charge is 0.164 e. The van der Waals surface area contributed by atoms with Gasteiger partial charge >= 0.3 is 0 Å². The van der Waals surface area contributed by atoms with Crippen molar-refractivity contribution in [2.75, 3.05) is 6.61 Å². The normalized spacial score (nSPS) is 37.2. The molecule has 4 heteroatoms. The van der Waals surface area contributed by atoms with Gasteiger partial charge in [0.15, 0.2) is 5.65 Å². The van der Waals surface area contributed by atoms with Gasteiger partial charge in [0.05, 0.1) is 6.61 Å². The Hall–Kier alpha value is -1.58. The number of pyridine rings is 1. The van der Waals surface area contributed by atoms with Crippen molar-refractivity contribution in [1.82, 2.24) is 14.6 Å². The summed E-state index contributed by atoms with van der Waals surface area (Å²) in [6, 6.07) is 2.10. The molecule has 0 aliphatic heterocycles. The number of aromatic nitrogens is 3. The second kappa shape index (κ2) is 4.96. The van der Waals surface area contributed by atoms with Gasteiger partial charge in [0.2, 0.25) is 0 Å². The summed E-state index contributed by atoms with van der Waals surface area (Å²) < 4.78 is 8.40. The monoisotopic (exact) mass is 323 g/mol. The van der Waals surface area contributed by atoms with E-state index in [1.807, 2.05) is 4.40 Å². The Morgan fingerprint density at radius 2 is 1.83 bits per heavy atom. The number of nitrogens with zero attached hydrogens (tertiary/aromatic N) is 3. The molecule has 0 radical (unpaired) electrons. The van der Waals surface area contributed by atoms with Gasteiger partial charge in [0.1, 0.15) is 12.1 Å². The number of rotatable bonds is 4. The van der Waals surface area contributed by atoms with Crippen LogP contribution in [0.15, 0.2) is 18.6 Å². The number of hydrogen-bond acceptors (Lipinski definition) is 3. The maximum atomic E-state index is 6.37. The Morgan fingerprint density at radius 1 is 1.04 bits per heavy atom. The van der Waals surface area contributed by atoms with E-state index in [4.69, 9.17) is 4.74 Å². The van der Waals surface area contributed by atoms with Gasteiger partial charge in [0.25, 0.3) is 0 Å². The zero-order valence-corrected chi connectivity index (χ0v) is 14.1. The van der Waals surface area contributed by atoms with Crippen molar-refractivity contribution in [3.8, 4) is 5.75 Å². The van der Waals surface area contributed by atoms with Gasteiger partial charge in [-0.15, -0.1) is 10.2 Å². The quantitative estimate of drug-likeness (QED) is 0.852. The van der Waals surface area contributed by atoms with Crippen LogP contribution in [0.1, 0.15) is 56.4 Å². The molecule has 0 amide bonds. The fourth-order valence-electron chi connectivity index (χ4n) is 6.17. The van der Waals surface area contributed by atoms with E-state index >= 15 is 0 Å². The van der Waals surface area contributed by atoms with Crippen LogP contribution in [0.3, 0.4) is 0 Å². The molecule has 4 saturated carbocycles. The van der Waals surface area contributed by atoms with Crippen LogP contribution in [0.25, 0.3) is 5.65 Å². The molecule has 2 bridgehead atoms. The summed E-state index contributed by atoms with van der Waals surface area (Å²) in [6.45, 7) is 0.899. The van der Waals surface area contributed by atoms with Crippen LogP contribution in [0, 0.1) is 29.6 Å². The van der Waals surface area contributed by atoms with Gasteiger partial charge in [-0.3, -0.25) is 4.40 Å². The molecule has 4 nitrogen and oxygen atoms in total. The van der Waals surface area contributed by atoms with Crippen LogP contribution in [-0.2, 0) is 0 Å². The van der Waals surface area contributed by atoms with Gasteiger partial charge in [0, 0.05) is 17.8 Å². The average molecular weight is 323 g/mol. The van der Waals surface area contributed by atoms with Crippen LogP contribution >= 0.6 is 0 Å². The predicted octanol–water partition coefficient (Wildman–Crippen LogP) is 4.06. The molecule has 2 heterocycles. The fraction of sp³-hybridized carbons (Fsp3) is 0.700. The molecule has 0 spiro atoms. The first-order chi connectivity index (χ1) is 11.8. The fourth-order valence-corrected chi connectivity index (χ4v) is 6.17. The Bertz CT molecular complexity index is 762. The lowest BCUT2D eigenvalue weighted by Crippen LogP contribution is -2.15. The van der Waals surface area contributed by atoms with Crippen LogP contribution in [0.5, 0.6) is 5.75 Å². The van der Waals surface area contributed by atoms with Crippen molar-refractivity contribution in [1.29, 1.82) is 0 Å². The van der Waals surface area contributed by atoms with Crippen molar-refractivity contribution in [3.63, 3.8) is 0 Å². The van der Waals surface area contributed by atoms with Gasteiger partial charge < -0.3 is 4.74 Å². The molecular weight excluding hydrogens is 298 g/mol. The van der Waals surface area contributed by atoms with E-state index in [9.17, 15) is 0 Å². The number of ether oxygens (including phenoxy) is 1. The summed E-state index contributed by atoms with van der Waals surface area (Å²) in [5, 5.41) is 8.21. The van der Waals surface area contributed by atoms with Crippen molar-refractivity contribution >= 4 is 5.65 Å². The molecule has 4 aliphatic carbocycles. The first kappa shape index (κ1) is 13.7. The first-order valence-electron chi connectivity index (χ1n) is 9.81. The summed E-state index contributed by atoms with van der Waals surface area (Å²) in [5.74, 6) is 6.69. The highest BCUT2D eigenvalue weighted by atomic mass is 16.5. The first-order valence-corrected chi connectivity index (χ1v) is 9.81. The summed E-state index contributed by atoms with van der Waals surface area (Å²) in [5.41, 5.74) is 2.26. The lowest BCUT2D eigenvalue weighted by molar-refractivity contribution is 0.237. The average Bonchev–Trinajstić information content (AvgIpc) is 2.98. The minimum Gasteiger partial charge on any atom is -0.493 e. The van der Waals surface area contributed by atoms with Crippen LogP contribution in [0.2, 0.25) is 0 Å². The third kappa shape index (κ3) is 2.04. The van der Waals surface area contributed by atoms with Crippen molar-refractivity contribution in [2.24, 2.45) is 29.6 Å². The van der Waals surface area contributed by atoms with E-state index in [1.165, 1.54) is 50.5 Å². The zero-order chi connectivity index (χ0) is 15.7. The summed E-state index contributed by atoms with van der Waals surface area (Å²) >= 11 is 0. The Kier molecular flexibility index (Phi) is 2.83. The molecule has 126 valence electrons. The minimum absolute atomic E-state index is 0.686. The molecule has 4 aliphatic rings. The third-order valence-electron chi connectivity index (χ3n) is 7.40. The molecule has 0 saturated heterocycles. The topological polar surface area (TPSA) is 39.4 Å². The van der Waals surface area contributed by atoms with Crippen LogP contribution in [0.4, 0.5) is 0 Å². The van der Waals surface area contributed by atoms with Gasteiger partial charge in [-0.05, 0) is 80.5 Å². The van der Waals surface area contributed by atoms with E-state index in [1.54, 1.807) is 6.33 Å². The zero-order valence-electron chi connectivity index (χ0n) is 14.1. The maximum Gasteiger partial charge on any atom is 0.164 e. The Balaban J connectivity index is 1.20. The lowest BCUT2D eigenvalue weighted by atomic mass is 9.82. The van der Waals surface area contributed by atoms with Gasteiger partial charge in [-0.1, -0.05) is 0 Å². The minimum atomic E-state index is 0.686. The van der Waals surface area contributed by atoms with E-state index in [0.717, 1.165) is 47.6 Å². The molecule has 4 atom stereocenters. The summed E-state index contributed by atoms with van der Waals surface area (Å²) in [7, 11) is 0. The number of hydrogen-bond donors (Lipinski definition) is 0. The molecule has 24 heavy (non-hydrogen) atoms. The van der Waals surface area contributed by atoms with Crippen molar-refractivity contribution in [2.45, 2.75) is 50.9 Å². The molecule has 2 aromatic rings. The van der Waals surface area contributed by atoms with Gasteiger partial charge in [-0.2, -0.15) is 0 Å². The lowest BCUT2D eigenvalue weighted by Gasteiger charge is -2.23. The molecule has 0 N–H and O–H groups in total. The summed E-state index contributed by atoms with van der Waals surface area (Å²) in [6.07, 6.45) is 13.9. The number of fused-ring (bicyclic) bond motifs is 6. The highest BCUT2D eigenvalue weighted by Crippen LogP contribution is 2.60. The van der Waals surface area contributed by atoms with E-state index in [2.05, 4.69) is 22.5 Å². The largest absolute Gasteiger partial charge is 0.493 e.